The van der Waals surface area contributed by atoms with Crippen LogP contribution in [-0.2, 0) is 5.41 Å². The van der Waals surface area contributed by atoms with Crippen LogP contribution in [0.25, 0.3) is 0 Å². The molecule has 4 fully saturated rings. The Balaban J connectivity index is 1.35. The fourth-order valence-corrected chi connectivity index (χ4v) is 7.78. The van der Waals surface area contributed by atoms with Crippen molar-refractivity contribution >= 4 is 39.1 Å². The van der Waals surface area contributed by atoms with Crippen molar-refractivity contribution in [1.29, 1.82) is 0 Å². The normalized spacial score (nSPS) is 33.9. The molecule has 0 aliphatic heterocycles. The van der Waals surface area contributed by atoms with Gasteiger partial charge in [0.05, 0.1) is 0 Å². The maximum atomic E-state index is 12.4. The fraction of sp³-hybridized carbons (Fsp3) is 0.435. The Morgan fingerprint density at radius 2 is 1.59 bits per heavy atom. The van der Waals surface area contributed by atoms with E-state index in [1.165, 1.54) is 44.1 Å². The van der Waals surface area contributed by atoms with Crippen LogP contribution in [0.15, 0.2) is 48.5 Å². The zero-order chi connectivity index (χ0) is 18.6. The number of hydrogen-bond acceptors (Lipinski definition) is 1. The van der Waals surface area contributed by atoms with Crippen molar-refractivity contribution in [2.75, 3.05) is 5.32 Å². The fourth-order valence-electron chi connectivity index (χ4n) is 6.20. The molecular formula is C23H23BrClNO. The maximum absolute atomic E-state index is 12.4. The molecule has 4 bridgehead atoms. The number of halogens is 2. The molecule has 4 aliphatic carbocycles. The molecule has 0 saturated heterocycles. The number of hydrogen-bond donors (Lipinski definition) is 1. The number of amides is 1. The molecule has 140 valence electrons. The average Bonchev–Trinajstić information content (AvgIpc) is 2.60. The lowest BCUT2D eigenvalue weighted by Crippen LogP contribution is -2.54. The second-order valence-electron chi connectivity index (χ2n) is 8.93. The SMILES string of the molecule is O=C(Nc1ccc(C23CC4CC(CC(Br)(C4)C2)C3)cc1)c1ccc(Cl)cc1. The minimum absolute atomic E-state index is 0.103. The Bertz CT molecular complexity index is 862. The second kappa shape index (κ2) is 6.35. The molecule has 27 heavy (non-hydrogen) atoms. The number of rotatable bonds is 3. The maximum Gasteiger partial charge on any atom is 0.255 e. The molecule has 0 radical (unpaired) electrons. The van der Waals surface area contributed by atoms with Crippen molar-refractivity contribution in [2.45, 2.75) is 48.3 Å². The molecule has 4 aliphatic rings. The first-order valence-electron chi connectivity index (χ1n) is 9.80. The van der Waals surface area contributed by atoms with Gasteiger partial charge >= 0.3 is 0 Å². The van der Waals surface area contributed by atoms with Crippen molar-refractivity contribution in [1.82, 2.24) is 0 Å². The van der Waals surface area contributed by atoms with Gasteiger partial charge in [0.25, 0.3) is 5.91 Å². The van der Waals surface area contributed by atoms with Crippen LogP contribution < -0.4 is 5.32 Å². The van der Waals surface area contributed by atoms with Crippen LogP contribution in [0.3, 0.4) is 0 Å². The smallest absolute Gasteiger partial charge is 0.255 e. The summed E-state index contributed by atoms with van der Waals surface area (Å²) in [6, 6.07) is 15.6. The molecule has 1 N–H and O–H groups in total. The van der Waals surface area contributed by atoms with E-state index in [1.54, 1.807) is 24.3 Å². The van der Waals surface area contributed by atoms with Crippen molar-refractivity contribution in [3.05, 3.63) is 64.7 Å². The van der Waals surface area contributed by atoms with Crippen LogP contribution in [0.5, 0.6) is 0 Å². The van der Waals surface area contributed by atoms with Gasteiger partial charge in [0.15, 0.2) is 0 Å². The van der Waals surface area contributed by atoms with Gasteiger partial charge in [-0.1, -0.05) is 39.7 Å². The topological polar surface area (TPSA) is 29.1 Å². The highest BCUT2D eigenvalue weighted by Crippen LogP contribution is 2.64. The molecule has 6 rings (SSSR count). The van der Waals surface area contributed by atoms with E-state index in [9.17, 15) is 4.79 Å². The van der Waals surface area contributed by atoms with Crippen molar-refractivity contribution in [3.63, 3.8) is 0 Å². The second-order valence-corrected chi connectivity index (χ2v) is 11.0. The first-order valence-corrected chi connectivity index (χ1v) is 11.0. The van der Waals surface area contributed by atoms with Gasteiger partial charge in [0.1, 0.15) is 0 Å². The zero-order valence-electron chi connectivity index (χ0n) is 15.2. The molecule has 2 unspecified atom stereocenters. The molecule has 2 atom stereocenters. The third-order valence-corrected chi connectivity index (χ3v) is 8.03. The van der Waals surface area contributed by atoms with E-state index in [0.717, 1.165) is 17.5 Å². The predicted octanol–water partition coefficient (Wildman–Crippen LogP) is 6.58. The number of anilines is 1. The van der Waals surface area contributed by atoms with E-state index in [4.69, 9.17) is 11.6 Å². The predicted molar refractivity (Wildman–Crippen MR) is 114 cm³/mol. The number of alkyl halides is 1. The molecule has 4 heteroatoms. The average molecular weight is 445 g/mol. The Hall–Kier alpha value is -1.32. The highest BCUT2D eigenvalue weighted by Gasteiger charge is 2.57. The summed E-state index contributed by atoms with van der Waals surface area (Å²) in [5, 5.41) is 3.63. The molecule has 2 aromatic carbocycles. The summed E-state index contributed by atoms with van der Waals surface area (Å²) in [4.78, 5) is 12.4. The van der Waals surface area contributed by atoms with Gasteiger partial charge in [-0.2, -0.15) is 0 Å². The van der Waals surface area contributed by atoms with E-state index in [1.807, 2.05) is 0 Å². The van der Waals surface area contributed by atoms with Crippen LogP contribution in [-0.4, -0.2) is 10.2 Å². The summed E-state index contributed by atoms with van der Waals surface area (Å²) in [5.74, 6) is 1.64. The van der Waals surface area contributed by atoms with E-state index >= 15 is 0 Å². The molecular weight excluding hydrogens is 422 g/mol. The Labute approximate surface area is 173 Å². The third kappa shape index (κ3) is 3.23. The van der Waals surface area contributed by atoms with Crippen LogP contribution in [0, 0.1) is 11.8 Å². The Kier molecular flexibility index (Phi) is 4.18. The van der Waals surface area contributed by atoms with E-state index in [2.05, 4.69) is 45.5 Å². The lowest BCUT2D eigenvalue weighted by Gasteiger charge is -2.60. The summed E-state index contributed by atoms with van der Waals surface area (Å²) < 4.78 is 0.360. The lowest BCUT2D eigenvalue weighted by atomic mass is 9.48. The highest BCUT2D eigenvalue weighted by atomic mass is 79.9. The first kappa shape index (κ1) is 17.8. The minimum Gasteiger partial charge on any atom is -0.322 e. The molecule has 0 aromatic heterocycles. The van der Waals surface area contributed by atoms with Crippen LogP contribution >= 0.6 is 27.5 Å². The van der Waals surface area contributed by atoms with Gasteiger partial charge in [-0.15, -0.1) is 0 Å². The highest BCUT2D eigenvalue weighted by molar-refractivity contribution is 9.10. The molecule has 2 nitrogen and oxygen atoms in total. The van der Waals surface area contributed by atoms with E-state index in [0.29, 0.717) is 20.3 Å². The number of carbonyl (C=O) groups is 1. The Morgan fingerprint density at radius 3 is 2.19 bits per heavy atom. The zero-order valence-corrected chi connectivity index (χ0v) is 17.5. The van der Waals surface area contributed by atoms with E-state index in [-0.39, 0.29) is 5.91 Å². The minimum atomic E-state index is -0.103. The van der Waals surface area contributed by atoms with Crippen LogP contribution in [0.1, 0.15) is 54.4 Å². The quantitative estimate of drug-likeness (QED) is 0.532. The van der Waals surface area contributed by atoms with Gasteiger partial charge in [-0.25, -0.2) is 0 Å². The molecule has 2 aromatic rings. The van der Waals surface area contributed by atoms with Gasteiger partial charge in [-0.3, -0.25) is 4.79 Å². The van der Waals surface area contributed by atoms with Crippen LogP contribution in [0.2, 0.25) is 5.02 Å². The standard InChI is InChI=1S/C23H23BrClNO/c24-23-12-15-9-16(13-23)11-22(10-15,14-23)18-3-7-20(8-4-18)26-21(27)17-1-5-19(25)6-2-17/h1-8,15-16H,9-14H2,(H,26,27). The summed E-state index contributed by atoms with van der Waals surface area (Å²) >= 11 is 10.00. The number of nitrogens with one attached hydrogen (secondary N) is 1. The summed E-state index contributed by atoms with van der Waals surface area (Å²) in [5.41, 5.74) is 3.24. The summed E-state index contributed by atoms with van der Waals surface area (Å²) in [6.07, 6.45) is 8.02. The van der Waals surface area contributed by atoms with Gasteiger partial charge < -0.3 is 5.32 Å². The largest absolute Gasteiger partial charge is 0.322 e. The van der Waals surface area contributed by atoms with Gasteiger partial charge in [0.2, 0.25) is 0 Å². The third-order valence-electron chi connectivity index (χ3n) is 6.85. The van der Waals surface area contributed by atoms with Gasteiger partial charge in [0, 0.05) is 20.6 Å². The lowest BCUT2D eigenvalue weighted by molar-refractivity contribution is 0.0149. The molecule has 1 amide bonds. The van der Waals surface area contributed by atoms with E-state index < -0.39 is 0 Å². The van der Waals surface area contributed by atoms with Gasteiger partial charge in [-0.05, 0) is 97.7 Å². The van der Waals surface area contributed by atoms with Crippen molar-refractivity contribution in [2.24, 2.45) is 11.8 Å². The summed E-state index contributed by atoms with van der Waals surface area (Å²) in [6.45, 7) is 0. The molecule has 0 heterocycles. The summed E-state index contributed by atoms with van der Waals surface area (Å²) in [7, 11) is 0. The number of benzene rings is 2. The Morgan fingerprint density at radius 1 is 0.963 bits per heavy atom. The van der Waals surface area contributed by atoms with Crippen LogP contribution in [0.4, 0.5) is 5.69 Å². The van der Waals surface area contributed by atoms with Crippen molar-refractivity contribution in [3.8, 4) is 0 Å². The number of carbonyl (C=O) groups excluding carboxylic acids is 1. The monoisotopic (exact) mass is 443 g/mol. The first-order chi connectivity index (χ1) is 12.9. The van der Waals surface area contributed by atoms with Crippen molar-refractivity contribution < 1.29 is 4.79 Å². The molecule has 0 spiro atoms. The molecule has 4 saturated carbocycles.